The molecule has 1 aliphatic rings. The van der Waals surface area contributed by atoms with Crippen molar-refractivity contribution in [1.29, 1.82) is 0 Å². The summed E-state index contributed by atoms with van der Waals surface area (Å²) in [7, 11) is 1.65. The molecule has 0 radical (unpaired) electrons. The van der Waals surface area contributed by atoms with Gasteiger partial charge in [-0.3, -0.25) is 19.8 Å². The minimum absolute atomic E-state index is 0.0979. The normalized spacial score (nSPS) is 15.3. The lowest BCUT2D eigenvalue weighted by atomic mass is 10.1. The minimum Gasteiger partial charge on any atom is -0.497 e. The number of piperazine rings is 1. The maximum Gasteiger partial charge on any atom is 0.433 e. The summed E-state index contributed by atoms with van der Waals surface area (Å²) in [5, 5.41) is 13.6. The lowest BCUT2D eigenvalue weighted by Crippen LogP contribution is -2.49. The van der Waals surface area contributed by atoms with Gasteiger partial charge in [0.2, 0.25) is 0 Å². The molecule has 32 heavy (non-hydrogen) atoms. The highest BCUT2D eigenvalue weighted by Crippen LogP contribution is 2.26. The van der Waals surface area contributed by atoms with E-state index in [1.165, 1.54) is 6.07 Å². The number of carbonyl (C=O) groups is 1. The molecule has 0 saturated carbocycles. The zero-order chi connectivity index (χ0) is 22.5. The average Bonchev–Trinajstić information content (AvgIpc) is 3.52. The van der Waals surface area contributed by atoms with Crippen LogP contribution in [0.5, 0.6) is 5.75 Å². The maximum absolute atomic E-state index is 12.4. The first-order chi connectivity index (χ1) is 15.5. The number of methoxy groups -OCH3 is 1. The Morgan fingerprint density at radius 3 is 2.50 bits per heavy atom. The van der Waals surface area contributed by atoms with Gasteiger partial charge in [0.05, 0.1) is 25.5 Å². The molecule has 1 aliphatic heterocycles. The quantitative estimate of drug-likeness (QED) is 0.420. The van der Waals surface area contributed by atoms with E-state index in [9.17, 15) is 14.9 Å². The molecule has 0 spiro atoms. The first-order valence-electron chi connectivity index (χ1n) is 10.2. The van der Waals surface area contributed by atoms with Crippen LogP contribution in [-0.4, -0.2) is 55.6 Å². The summed E-state index contributed by atoms with van der Waals surface area (Å²) in [6.07, 6.45) is 1.60. The lowest BCUT2D eigenvalue weighted by Gasteiger charge is -2.39. The molecule has 1 unspecified atom stereocenters. The first-order valence-corrected chi connectivity index (χ1v) is 10.2. The molecule has 1 N–H and O–H groups in total. The Balaban J connectivity index is 1.39. The second kappa shape index (κ2) is 9.56. The van der Waals surface area contributed by atoms with Crippen molar-refractivity contribution in [1.82, 2.24) is 10.2 Å². The highest BCUT2D eigenvalue weighted by molar-refractivity contribution is 5.91. The Hall–Kier alpha value is -3.79. The fourth-order valence-corrected chi connectivity index (χ4v) is 3.80. The third kappa shape index (κ3) is 4.75. The molecule has 168 valence electrons. The van der Waals surface area contributed by atoms with Crippen molar-refractivity contribution in [2.45, 2.75) is 6.04 Å². The smallest absolute Gasteiger partial charge is 0.433 e. The number of hydrogen-bond donors (Lipinski definition) is 1. The molecule has 0 bridgehead atoms. The molecule has 3 heterocycles. The summed E-state index contributed by atoms with van der Waals surface area (Å²) in [5.74, 6) is 0.495. The Morgan fingerprint density at radius 1 is 1.16 bits per heavy atom. The van der Waals surface area contributed by atoms with E-state index in [1.807, 2.05) is 36.4 Å². The van der Waals surface area contributed by atoms with Crippen LogP contribution < -0.4 is 15.0 Å². The summed E-state index contributed by atoms with van der Waals surface area (Å²) in [5.41, 5.74) is 1.13. The van der Waals surface area contributed by atoms with Crippen LogP contribution in [0.3, 0.4) is 0 Å². The van der Waals surface area contributed by atoms with Crippen molar-refractivity contribution >= 4 is 17.5 Å². The van der Waals surface area contributed by atoms with Crippen LogP contribution in [0.4, 0.5) is 11.6 Å². The molecule has 1 aromatic carbocycles. The van der Waals surface area contributed by atoms with E-state index < -0.39 is 16.7 Å². The summed E-state index contributed by atoms with van der Waals surface area (Å²) >= 11 is 0. The molecule has 1 saturated heterocycles. The van der Waals surface area contributed by atoms with Crippen LogP contribution >= 0.6 is 0 Å². The Bertz CT molecular complexity index is 1040. The van der Waals surface area contributed by atoms with Crippen molar-refractivity contribution in [2.24, 2.45) is 0 Å². The fraction of sp³-hybridized carbons (Fsp3) is 0.318. The van der Waals surface area contributed by atoms with Gasteiger partial charge in [0.15, 0.2) is 5.76 Å². The SMILES string of the molecule is COc1ccc(N2CCN(C(CNC(=O)c3ccc([N+](=O)[O-])o3)c3ccco3)CC2)cc1. The highest BCUT2D eigenvalue weighted by atomic mass is 16.6. The van der Waals surface area contributed by atoms with E-state index >= 15 is 0 Å². The second-order valence-corrected chi connectivity index (χ2v) is 7.36. The molecule has 10 nitrogen and oxygen atoms in total. The zero-order valence-electron chi connectivity index (χ0n) is 17.6. The van der Waals surface area contributed by atoms with E-state index in [0.717, 1.165) is 49.4 Å². The molecule has 3 aromatic rings. The highest BCUT2D eigenvalue weighted by Gasteiger charge is 2.28. The van der Waals surface area contributed by atoms with E-state index in [4.69, 9.17) is 13.6 Å². The Labute approximate surface area is 184 Å². The van der Waals surface area contributed by atoms with Crippen LogP contribution in [0.25, 0.3) is 0 Å². The third-order valence-corrected chi connectivity index (χ3v) is 5.52. The van der Waals surface area contributed by atoms with Crippen LogP contribution in [0, 0.1) is 10.1 Å². The molecular weight excluding hydrogens is 416 g/mol. The van der Waals surface area contributed by atoms with Gasteiger partial charge in [0, 0.05) is 38.4 Å². The molecular formula is C22H24N4O6. The summed E-state index contributed by atoms with van der Waals surface area (Å²) in [6.45, 7) is 3.48. The number of nitrogens with zero attached hydrogens (tertiary/aromatic N) is 3. The molecule has 2 aromatic heterocycles. The van der Waals surface area contributed by atoms with E-state index in [0.29, 0.717) is 0 Å². The van der Waals surface area contributed by atoms with Crippen molar-refractivity contribution in [3.05, 3.63) is 76.4 Å². The second-order valence-electron chi connectivity index (χ2n) is 7.36. The number of amides is 1. The van der Waals surface area contributed by atoms with Gasteiger partial charge in [-0.2, -0.15) is 0 Å². The maximum atomic E-state index is 12.4. The number of benzene rings is 1. The number of anilines is 1. The van der Waals surface area contributed by atoms with Gasteiger partial charge in [0.1, 0.15) is 16.4 Å². The van der Waals surface area contributed by atoms with Crippen molar-refractivity contribution in [3.8, 4) is 5.75 Å². The van der Waals surface area contributed by atoms with Gasteiger partial charge in [-0.25, -0.2) is 0 Å². The van der Waals surface area contributed by atoms with E-state index in [2.05, 4.69) is 15.1 Å². The van der Waals surface area contributed by atoms with Gasteiger partial charge < -0.3 is 23.8 Å². The molecule has 1 atom stereocenters. The largest absolute Gasteiger partial charge is 0.497 e. The van der Waals surface area contributed by atoms with Crippen molar-refractivity contribution in [3.63, 3.8) is 0 Å². The standard InChI is InChI=1S/C22H24N4O6/c1-30-17-6-4-16(5-7-17)24-10-12-25(13-11-24)18(19-3-2-14-31-19)15-23-22(27)20-8-9-21(32-20)26(28)29/h2-9,14,18H,10-13,15H2,1H3,(H,23,27). The number of hydrogen-bond acceptors (Lipinski definition) is 8. The molecule has 1 fully saturated rings. The number of ether oxygens (including phenoxy) is 1. The minimum atomic E-state index is -0.676. The molecule has 4 rings (SSSR count). The predicted molar refractivity (Wildman–Crippen MR) is 116 cm³/mol. The molecule has 1 amide bonds. The van der Waals surface area contributed by atoms with Crippen molar-refractivity contribution in [2.75, 3.05) is 44.7 Å². The van der Waals surface area contributed by atoms with Gasteiger partial charge in [0.25, 0.3) is 5.91 Å². The van der Waals surface area contributed by atoms with Gasteiger partial charge in [-0.1, -0.05) is 0 Å². The Morgan fingerprint density at radius 2 is 1.91 bits per heavy atom. The summed E-state index contributed by atoms with van der Waals surface area (Å²) in [4.78, 5) is 27.1. The van der Waals surface area contributed by atoms with Crippen LogP contribution in [0.2, 0.25) is 0 Å². The van der Waals surface area contributed by atoms with Crippen LogP contribution in [0.1, 0.15) is 22.4 Å². The van der Waals surface area contributed by atoms with Crippen LogP contribution in [0.15, 0.2) is 63.6 Å². The Kier molecular flexibility index (Phi) is 6.41. The van der Waals surface area contributed by atoms with Gasteiger partial charge in [-0.15, -0.1) is 0 Å². The average molecular weight is 440 g/mol. The molecule has 10 heteroatoms. The topological polar surface area (TPSA) is 114 Å². The number of furan rings is 2. The van der Waals surface area contributed by atoms with E-state index in [-0.39, 0.29) is 18.3 Å². The van der Waals surface area contributed by atoms with Gasteiger partial charge in [-0.05, 0) is 42.5 Å². The third-order valence-electron chi connectivity index (χ3n) is 5.52. The number of rotatable bonds is 8. The summed E-state index contributed by atoms with van der Waals surface area (Å²) in [6, 6.07) is 14.0. The number of carbonyl (C=O) groups excluding carboxylic acids is 1. The summed E-state index contributed by atoms with van der Waals surface area (Å²) < 4.78 is 15.8. The number of nitro groups is 1. The van der Waals surface area contributed by atoms with Gasteiger partial charge >= 0.3 is 5.88 Å². The lowest BCUT2D eigenvalue weighted by molar-refractivity contribution is -0.402. The van der Waals surface area contributed by atoms with Crippen LogP contribution in [-0.2, 0) is 0 Å². The van der Waals surface area contributed by atoms with E-state index in [1.54, 1.807) is 13.4 Å². The first kappa shape index (κ1) is 21.4. The molecule has 0 aliphatic carbocycles. The van der Waals surface area contributed by atoms with Crippen molar-refractivity contribution < 1.29 is 23.3 Å². The zero-order valence-corrected chi connectivity index (χ0v) is 17.6. The number of nitrogens with one attached hydrogen (secondary N) is 1. The monoisotopic (exact) mass is 440 g/mol. The predicted octanol–water partition coefficient (Wildman–Crippen LogP) is 3.08. The fourth-order valence-electron chi connectivity index (χ4n) is 3.80.